The van der Waals surface area contributed by atoms with Crippen molar-refractivity contribution in [2.45, 2.75) is 68.2 Å². The summed E-state index contributed by atoms with van der Waals surface area (Å²) < 4.78 is 4.64. The van der Waals surface area contributed by atoms with Crippen LogP contribution in [0.3, 0.4) is 0 Å². The second kappa shape index (κ2) is 53.5. The fourth-order valence-corrected chi connectivity index (χ4v) is 12.9. The topological polar surface area (TPSA) is 382 Å². The van der Waals surface area contributed by atoms with Crippen LogP contribution < -0.4 is 48.7 Å². The maximum absolute atomic E-state index is 12.8. The van der Waals surface area contributed by atoms with Crippen LogP contribution in [0.2, 0.25) is 15.1 Å². The van der Waals surface area contributed by atoms with Crippen LogP contribution in [-0.2, 0) is 87.8 Å². The molecule has 13 N–H and O–H groups in total. The number of nitrogen functional groups attached to an aromatic ring is 1. The number of benzene rings is 4. The van der Waals surface area contributed by atoms with Crippen molar-refractivity contribution < 1.29 is 99.5 Å². The molecule has 10 aromatic rings. The SMILES string of the molecule is COC=CC(=O)Nc1ccccc1C.Cc1c[c-]nc(C)n1.Cc1cccc(Cl)c1NC(=O)c1cnc(N)s1.Cc1n[c-]cc(Nc2ncc(C(=O)Cc3c(C)cccc3Cl)s2)n1.Cc1nc(Nc2ncc(C(=O)Cc3c(C)cccc3Cl)s2)cc(N2CCN(CCO)CC2)n1.I.NC(N)=S.OCCN1CCNCC1.[Y].[Y]. The Morgan fingerprint density at radius 2 is 1.10 bits per heavy atom. The number of hydrogen-bond donors (Lipinski definition) is 10. The molecule has 2 radical (unpaired) electrons. The number of thiazole rings is 3. The van der Waals surface area contributed by atoms with Crippen molar-refractivity contribution in [1.82, 2.24) is 60.0 Å². The number of carbonyl (C=O) groups is 4. The maximum Gasteiger partial charge on any atom is 0.267 e. The van der Waals surface area contributed by atoms with Crippen molar-refractivity contribution in [2.24, 2.45) is 11.5 Å². The van der Waals surface area contributed by atoms with Crippen molar-refractivity contribution >= 4 is 178 Å². The summed E-state index contributed by atoms with van der Waals surface area (Å²) in [4.78, 5) is 94.2. The largest absolute Gasteiger partial charge is 0.504 e. The molecule has 2 saturated heterocycles. The number of β-amino-alcohol motifs (C(OH)–C–C–N with tert-alkyl or cyclic N) is 2. The zero-order valence-corrected chi connectivity index (χ0v) is 76.9. The first-order chi connectivity index (χ1) is 52.2. The van der Waals surface area contributed by atoms with E-state index in [1.54, 1.807) is 49.6 Å². The third-order valence-corrected chi connectivity index (χ3v) is 19.2. The summed E-state index contributed by atoms with van der Waals surface area (Å²) in [6, 6.07) is 29.6. The average Bonchev–Trinajstić information content (AvgIpc) is 1.27. The molecule has 2 fully saturated rings. The first kappa shape index (κ1) is 99.5. The second-order valence-electron chi connectivity index (χ2n) is 23.9. The smallest absolute Gasteiger partial charge is 0.267 e. The zero-order valence-electron chi connectivity index (χ0n) is 63.4. The van der Waals surface area contributed by atoms with Crippen LogP contribution in [0.25, 0.3) is 0 Å². The molecule has 2 aliphatic heterocycles. The number of piperazine rings is 2. The number of ether oxygens (including phenoxy) is 1. The monoisotopic (exact) mass is 1920 g/mol. The van der Waals surface area contributed by atoms with Crippen molar-refractivity contribution in [1.29, 1.82) is 0 Å². The van der Waals surface area contributed by atoms with E-state index in [4.69, 9.17) is 50.7 Å². The Kier molecular flexibility index (Phi) is 47.5. The van der Waals surface area contributed by atoms with Crippen LogP contribution >= 0.6 is 105 Å². The van der Waals surface area contributed by atoms with E-state index in [1.807, 2.05) is 115 Å². The van der Waals surface area contributed by atoms with E-state index < -0.39 is 0 Å². The number of methoxy groups -OCH3 is 1. The van der Waals surface area contributed by atoms with Crippen LogP contribution in [0.15, 0.2) is 128 Å². The fraction of sp³-hybridized carbons (Fsp3) is 0.307. The Labute approximate surface area is 753 Å². The third kappa shape index (κ3) is 36.0. The van der Waals surface area contributed by atoms with E-state index in [0.29, 0.717) is 87.2 Å². The number of nitrogens with one attached hydrogen (secondary N) is 5. The van der Waals surface area contributed by atoms with Crippen LogP contribution in [-0.4, -0.2) is 179 Å². The molecule has 0 unspecified atom stereocenters. The van der Waals surface area contributed by atoms with E-state index in [2.05, 4.69) is 127 Å². The molecule has 2 aliphatic rings. The minimum absolute atomic E-state index is 0. The second-order valence-corrected chi connectivity index (χ2v) is 28.7. The number of hydrogen-bond acceptors (Lipinski definition) is 27. The van der Waals surface area contributed by atoms with Gasteiger partial charge in [0.25, 0.3) is 11.8 Å². The normalized spacial score (nSPS) is 12.0. The number of carbonyl (C=O) groups excluding carboxylic acids is 4. The van der Waals surface area contributed by atoms with Gasteiger partial charge in [-0.15, -0.1) is 36.1 Å². The summed E-state index contributed by atoms with van der Waals surface area (Å²) in [6.07, 6.45) is 13.2. The summed E-state index contributed by atoms with van der Waals surface area (Å²) in [5.74, 6) is 3.68. The molecule has 0 spiro atoms. The molecular formula is C75H90Cl3IN20O7S4Y2-2. The number of nitrogens with two attached hydrogens (primary N) is 3. The number of aromatic nitrogens is 9. The molecule has 12 rings (SSSR count). The predicted octanol–water partition coefficient (Wildman–Crippen LogP) is 12.3. The van der Waals surface area contributed by atoms with Gasteiger partial charge in [-0.25, -0.2) is 24.9 Å². The maximum atomic E-state index is 12.8. The summed E-state index contributed by atoms with van der Waals surface area (Å²) in [5, 5.41) is 36.0. The molecule has 0 saturated carbocycles. The molecule has 592 valence electrons. The Morgan fingerprint density at radius 1 is 0.607 bits per heavy atom. The Balaban J connectivity index is 0.000000364. The van der Waals surface area contributed by atoms with Gasteiger partial charge in [0.05, 0.1) is 65.6 Å². The Morgan fingerprint density at radius 3 is 1.58 bits per heavy atom. The Bertz CT molecular complexity index is 4550. The number of Topliss-reactive ketones (excluding diaryl/α,β-unsaturated/α-hetero) is 2. The number of amides is 2. The predicted molar refractivity (Wildman–Crippen MR) is 457 cm³/mol. The van der Waals surface area contributed by atoms with Gasteiger partial charge in [0, 0.05) is 189 Å². The van der Waals surface area contributed by atoms with Gasteiger partial charge in [-0.1, -0.05) is 162 Å². The average molecular weight is 1920 g/mol. The first-order valence-corrected chi connectivity index (χ1v) is 38.0. The number of aryl methyl sites for hydroxylation is 8. The quantitative estimate of drug-likeness (QED) is 0.00846. The standard InChI is InChI=1S/C23H27ClN6O2S.C17H14ClN4OS.C11H10ClN3OS.C11H13NO2.C6H14N2O.C6H7N2.CH4N2S.HI.2Y/c1-15-4-3-5-18(24)17(15)12-19(32)20-14-25-23(33-20)28-21-13-22(27-16(2)26-21)30-8-6-29(7-9-30)10-11-31;1-10-4-3-5-13(18)12(10)8-14(23)15-9-20-17(24-15)22-16-6-7-19-11(2)21-16;1-6-3-2-4-7(12)9(6)15-10(16)8-5-14-11(13)17-8;1-9-5-3-4-6-10(9)12-11(13)7-8-14-2;9-6-5-8-3-1-7-2-4-8;1-5-3-4-7-6(2)8-5;2-1(3)4;;;/h3-5,13-14,31H,6-12H2,1-2H3,(H,25,26,27,28);3-6,9H,8H2,1-2H3,(H,19,20,21,22);2-5H,1H3,(H2,13,14)(H,15,16);3-8H,1-2H3,(H,12,13);7,9H,1-6H2;3H,1-2H3;(H4,2,3,4);1H;;/q;-1;;;;-1;;;;. The molecule has 8 heterocycles. The van der Waals surface area contributed by atoms with Crippen LogP contribution in [0.5, 0.6) is 0 Å². The van der Waals surface area contributed by atoms with E-state index >= 15 is 0 Å². The molecule has 37 heteroatoms. The zero-order chi connectivity index (χ0) is 79.4. The van der Waals surface area contributed by atoms with Gasteiger partial charge in [0.2, 0.25) is 0 Å². The van der Waals surface area contributed by atoms with Crippen LogP contribution in [0.4, 0.5) is 44.2 Å². The van der Waals surface area contributed by atoms with Crippen molar-refractivity contribution in [3.63, 3.8) is 0 Å². The van der Waals surface area contributed by atoms with E-state index in [0.717, 1.165) is 127 Å². The van der Waals surface area contributed by atoms with Gasteiger partial charge in [0.15, 0.2) is 32.1 Å². The number of anilines is 8. The summed E-state index contributed by atoms with van der Waals surface area (Å²) in [7, 11) is 1.50. The number of thiocarbonyl (C=S) groups is 1. The van der Waals surface area contributed by atoms with E-state index in [9.17, 15) is 19.2 Å². The minimum Gasteiger partial charge on any atom is -0.504 e. The number of para-hydroxylation sites is 2. The molecule has 0 aliphatic carbocycles. The number of aliphatic hydroxyl groups excluding tert-OH is 2. The minimum atomic E-state index is -0.254. The van der Waals surface area contributed by atoms with Gasteiger partial charge in [-0.2, -0.15) is 0 Å². The molecule has 6 aromatic heterocycles. The van der Waals surface area contributed by atoms with Crippen molar-refractivity contribution in [3.05, 3.63) is 227 Å². The van der Waals surface area contributed by atoms with Gasteiger partial charge in [-0.05, 0) is 104 Å². The third-order valence-electron chi connectivity index (χ3n) is 15.5. The molecule has 27 nitrogen and oxygen atoms in total. The van der Waals surface area contributed by atoms with Gasteiger partial charge >= 0.3 is 0 Å². The van der Waals surface area contributed by atoms with Gasteiger partial charge in [0.1, 0.15) is 22.3 Å². The van der Waals surface area contributed by atoms with Crippen molar-refractivity contribution in [2.75, 3.05) is 118 Å². The number of rotatable bonds is 20. The Hall–Kier alpha value is -6.67. The summed E-state index contributed by atoms with van der Waals surface area (Å²) >= 11 is 26.3. The van der Waals surface area contributed by atoms with Gasteiger partial charge < -0.3 is 83.6 Å². The first-order valence-electron chi connectivity index (χ1n) is 34.0. The number of halogens is 4. The molecule has 0 atom stereocenters. The molecule has 0 bridgehead atoms. The molecule has 4 aromatic carbocycles. The van der Waals surface area contributed by atoms with Crippen molar-refractivity contribution in [3.8, 4) is 0 Å². The van der Waals surface area contributed by atoms with Gasteiger partial charge in [-0.3, -0.25) is 29.0 Å². The molecular weight excluding hydrogens is 1830 g/mol. The van der Waals surface area contributed by atoms with Crippen LogP contribution in [0, 0.1) is 67.8 Å². The van der Waals surface area contributed by atoms with Crippen LogP contribution in [0.1, 0.15) is 85.6 Å². The summed E-state index contributed by atoms with van der Waals surface area (Å²) in [6.45, 7) is 24.9. The van der Waals surface area contributed by atoms with E-state index in [1.165, 1.54) is 48.3 Å². The molecule has 112 heavy (non-hydrogen) atoms. The number of nitrogens with zero attached hydrogens (tertiary/aromatic N) is 12. The summed E-state index contributed by atoms with van der Waals surface area (Å²) in [5.41, 5.74) is 22.8. The van der Waals surface area contributed by atoms with E-state index in [-0.39, 0.29) is 137 Å². The molecule has 2 amide bonds. The number of aliphatic hydroxyl groups is 2. The number of ketones is 2. The fourth-order valence-electron chi connectivity index (χ4n) is 10.0.